The number of para-hydroxylation sites is 1. The van der Waals surface area contributed by atoms with Crippen molar-refractivity contribution in [2.45, 2.75) is 58.4 Å². The Kier molecular flexibility index (Phi) is 8.60. The summed E-state index contributed by atoms with van der Waals surface area (Å²) in [5, 5.41) is 6.85. The Balaban J connectivity index is 0.00000272. The van der Waals surface area contributed by atoms with Gasteiger partial charge in [0.05, 0.1) is 12.1 Å². The number of hydrogen-bond acceptors (Lipinski definition) is 2. The predicted molar refractivity (Wildman–Crippen MR) is 125 cm³/mol. The molecule has 0 N–H and O–H groups in total. The van der Waals surface area contributed by atoms with Crippen LogP contribution in [0.15, 0.2) is 42.5 Å². The lowest BCUT2D eigenvalue weighted by atomic mass is 9.79. The SMILES string of the molecule is CCC1CCC(CCC(=O)c2nn(Cc3ccc(Cl)cc3Cl)c3ccccc23)CC1.[Br-]. The number of carbonyl (C=O) groups excluding carboxylic acids is 1. The second-order valence-corrected chi connectivity index (χ2v) is 9.36. The number of aromatic nitrogens is 2. The second kappa shape index (κ2) is 11.0. The van der Waals surface area contributed by atoms with Gasteiger partial charge in [-0.05, 0) is 42.0 Å². The normalized spacial score (nSPS) is 18.7. The van der Waals surface area contributed by atoms with E-state index in [4.69, 9.17) is 28.3 Å². The van der Waals surface area contributed by atoms with Crippen molar-refractivity contribution < 1.29 is 21.8 Å². The van der Waals surface area contributed by atoms with Crippen LogP contribution in [-0.4, -0.2) is 15.6 Å². The summed E-state index contributed by atoms with van der Waals surface area (Å²) in [6.45, 7) is 2.79. The predicted octanol–water partition coefficient (Wildman–Crippen LogP) is 4.57. The first-order valence-corrected chi connectivity index (χ1v) is 11.7. The van der Waals surface area contributed by atoms with Gasteiger partial charge in [0.1, 0.15) is 5.69 Å². The summed E-state index contributed by atoms with van der Waals surface area (Å²) < 4.78 is 1.88. The van der Waals surface area contributed by atoms with E-state index in [0.29, 0.717) is 34.6 Å². The van der Waals surface area contributed by atoms with Gasteiger partial charge < -0.3 is 17.0 Å². The van der Waals surface area contributed by atoms with Crippen molar-refractivity contribution in [1.82, 2.24) is 9.78 Å². The second-order valence-electron chi connectivity index (χ2n) is 8.52. The van der Waals surface area contributed by atoms with Gasteiger partial charge in [0.25, 0.3) is 0 Å². The number of ketones is 1. The van der Waals surface area contributed by atoms with Gasteiger partial charge in [-0.2, -0.15) is 5.10 Å². The van der Waals surface area contributed by atoms with Crippen LogP contribution in [-0.2, 0) is 6.54 Å². The average molecular weight is 523 g/mol. The topological polar surface area (TPSA) is 34.9 Å². The molecule has 1 saturated carbocycles. The van der Waals surface area contributed by atoms with Crippen molar-refractivity contribution in [2.24, 2.45) is 11.8 Å². The lowest BCUT2D eigenvalue weighted by molar-refractivity contribution is -0.0000139. The summed E-state index contributed by atoms with van der Waals surface area (Å²) in [6, 6.07) is 13.4. The van der Waals surface area contributed by atoms with E-state index in [1.807, 2.05) is 41.1 Å². The third-order valence-electron chi connectivity index (χ3n) is 6.58. The number of carbonyl (C=O) groups is 1. The molecule has 166 valence electrons. The van der Waals surface area contributed by atoms with Crippen molar-refractivity contribution in [3.63, 3.8) is 0 Å². The molecular formula is C25H28BrCl2N2O-. The zero-order valence-corrected chi connectivity index (χ0v) is 20.9. The fourth-order valence-corrected chi connectivity index (χ4v) is 5.12. The molecule has 2 aromatic carbocycles. The third kappa shape index (κ3) is 5.71. The smallest absolute Gasteiger partial charge is 0.183 e. The van der Waals surface area contributed by atoms with Gasteiger partial charge in [-0.1, -0.05) is 86.5 Å². The van der Waals surface area contributed by atoms with Crippen LogP contribution >= 0.6 is 23.2 Å². The summed E-state index contributed by atoms with van der Waals surface area (Å²) in [5.74, 6) is 1.71. The van der Waals surface area contributed by atoms with Gasteiger partial charge in [-0.15, -0.1) is 0 Å². The van der Waals surface area contributed by atoms with Crippen LogP contribution < -0.4 is 17.0 Å². The number of benzene rings is 2. The molecule has 0 bridgehead atoms. The van der Waals surface area contributed by atoms with Crippen molar-refractivity contribution >= 4 is 39.9 Å². The van der Waals surface area contributed by atoms with Crippen LogP contribution in [0.25, 0.3) is 10.9 Å². The Morgan fingerprint density at radius 3 is 2.48 bits per heavy atom. The molecule has 0 amide bonds. The molecule has 0 saturated heterocycles. The first-order valence-electron chi connectivity index (χ1n) is 11.0. The minimum atomic E-state index is 0. The molecule has 0 aliphatic heterocycles. The molecule has 1 aliphatic carbocycles. The molecule has 3 aromatic rings. The van der Waals surface area contributed by atoms with Crippen molar-refractivity contribution in [3.8, 4) is 0 Å². The molecule has 3 nitrogen and oxygen atoms in total. The molecule has 31 heavy (non-hydrogen) atoms. The zero-order chi connectivity index (χ0) is 21.1. The molecule has 1 aliphatic rings. The van der Waals surface area contributed by atoms with E-state index in [9.17, 15) is 4.79 Å². The molecule has 0 atom stereocenters. The molecule has 1 heterocycles. The molecular weight excluding hydrogens is 495 g/mol. The van der Waals surface area contributed by atoms with Gasteiger partial charge in [0.2, 0.25) is 0 Å². The number of halogens is 3. The average Bonchev–Trinajstić information content (AvgIpc) is 3.13. The Morgan fingerprint density at radius 2 is 1.77 bits per heavy atom. The number of nitrogens with zero attached hydrogens (tertiary/aromatic N) is 2. The highest BCUT2D eigenvalue weighted by molar-refractivity contribution is 6.35. The number of hydrogen-bond donors (Lipinski definition) is 0. The van der Waals surface area contributed by atoms with Crippen LogP contribution in [0.1, 0.15) is 67.9 Å². The standard InChI is InChI=1S/C25H28Cl2N2O.BrH/c1-2-17-7-9-18(10-8-17)11-14-24(30)25-21-5-3-4-6-23(21)29(28-25)16-19-12-13-20(26)15-22(19)27;/h3-6,12-13,15,17-18H,2,7-11,14,16H2,1H3;1H/p-1. The van der Waals surface area contributed by atoms with Crippen LogP contribution in [0.2, 0.25) is 10.0 Å². The maximum atomic E-state index is 13.1. The lowest BCUT2D eigenvalue weighted by Crippen LogP contribution is -3.00. The van der Waals surface area contributed by atoms with E-state index >= 15 is 0 Å². The van der Waals surface area contributed by atoms with E-state index in [0.717, 1.165) is 28.8 Å². The van der Waals surface area contributed by atoms with E-state index in [1.54, 1.807) is 6.07 Å². The zero-order valence-electron chi connectivity index (χ0n) is 17.8. The largest absolute Gasteiger partial charge is 1.00 e. The van der Waals surface area contributed by atoms with E-state index < -0.39 is 0 Å². The van der Waals surface area contributed by atoms with Crippen LogP contribution in [0.3, 0.4) is 0 Å². The van der Waals surface area contributed by atoms with Crippen LogP contribution in [0, 0.1) is 11.8 Å². The number of Topliss-reactive ketones (excluding diaryl/α,β-unsaturated/α-hetero) is 1. The van der Waals surface area contributed by atoms with Crippen molar-refractivity contribution in [2.75, 3.05) is 0 Å². The molecule has 1 aromatic heterocycles. The third-order valence-corrected chi connectivity index (χ3v) is 7.17. The van der Waals surface area contributed by atoms with Crippen LogP contribution in [0.5, 0.6) is 0 Å². The van der Waals surface area contributed by atoms with E-state index in [2.05, 4.69) is 6.92 Å². The summed E-state index contributed by atoms with van der Waals surface area (Å²) in [7, 11) is 0. The monoisotopic (exact) mass is 521 g/mol. The number of fused-ring (bicyclic) bond motifs is 1. The molecule has 0 radical (unpaired) electrons. The summed E-state index contributed by atoms with van der Waals surface area (Å²) in [4.78, 5) is 13.1. The first-order chi connectivity index (χ1) is 14.5. The minimum Gasteiger partial charge on any atom is -1.00 e. The summed E-state index contributed by atoms with van der Waals surface area (Å²) >= 11 is 12.4. The fraction of sp³-hybridized carbons (Fsp3) is 0.440. The molecule has 0 unspecified atom stereocenters. The highest BCUT2D eigenvalue weighted by atomic mass is 79.9. The quantitative estimate of drug-likeness (QED) is 0.426. The lowest BCUT2D eigenvalue weighted by Gasteiger charge is -2.27. The van der Waals surface area contributed by atoms with Gasteiger partial charge in [-0.3, -0.25) is 9.48 Å². The Labute approximate surface area is 204 Å². The van der Waals surface area contributed by atoms with Crippen molar-refractivity contribution in [1.29, 1.82) is 0 Å². The van der Waals surface area contributed by atoms with Gasteiger partial charge in [0.15, 0.2) is 5.78 Å². The van der Waals surface area contributed by atoms with E-state index in [-0.39, 0.29) is 22.8 Å². The Bertz CT molecular complexity index is 1040. The van der Waals surface area contributed by atoms with Crippen LogP contribution in [0.4, 0.5) is 0 Å². The van der Waals surface area contributed by atoms with Gasteiger partial charge in [-0.25, -0.2) is 0 Å². The summed E-state index contributed by atoms with van der Waals surface area (Å²) in [5.41, 5.74) is 2.47. The number of rotatable bonds is 7. The maximum absolute atomic E-state index is 13.1. The molecule has 0 spiro atoms. The summed E-state index contributed by atoms with van der Waals surface area (Å²) in [6.07, 6.45) is 7.98. The molecule has 6 heteroatoms. The Hall–Kier alpha value is -1.36. The highest BCUT2D eigenvalue weighted by Crippen LogP contribution is 2.33. The van der Waals surface area contributed by atoms with Gasteiger partial charge >= 0.3 is 0 Å². The minimum absolute atomic E-state index is 0. The van der Waals surface area contributed by atoms with E-state index in [1.165, 1.54) is 32.1 Å². The van der Waals surface area contributed by atoms with Gasteiger partial charge in [0, 0.05) is 21.9 Å². The first kappa shape index (κ1) is 24.3. The fourth-order valence-electron chi connectivity index (χ4n) is 4.65. The Morgan fingerprint density at radius 1 is 1.06 bits per heavy atom. The molecule has 1 fully saturated rings. The molecule has 4 rings (SSSR count). The highest BCUT2D eigenvalue weighted by Gasteiger charge is 2.23. The maximum Gasteiger partial charge on any atom is 0.183 e. The van der Waals surface area contributed by atoms with Crippen molar-refractivity contribution in [3.05, 3.63) is 63.8 Å².